The minimum absolute atomic E-state index is 0.599. The van der Waals surface area contributed by atoms with Gasteiger partial charge in [0.1, 0.15) is 22.3 Å². The smallest absolute Gasteiger partial charge is 0.164 e. The minimum Gasteiger partial charge on any atom is -0.456 e. The van der Waals surface area contributed by atoms with Gasteiger partial charge in [0.25, 0.3) is 0 Å². The van der Waals surface area contributed by atoms with E-state index in [1.54, 1.807) is 0 Å². The summed E-state index contributed by atoms with van der Waals surface area (Å²) in [6, 6.07) is 47.7. The van der Waals surface area contributed by atoms with Crippen LogP contribution in [0.25, 0.3) is 99.6 Å². The van der Waals surface area contributed by atoms with Crippen LogP contribution >= 0.6 is 0 Å². The largest absolute Gasteiger partial charge is 0.456 e. The fraction of sp³-hybridized carbons (Fsp3) is 0. The zero-order valence-electron chi connectivity index (χ0n) is 24.4. The van der Waals surface area contributed by atoms with Crippen molar-refractivity contribution in [1.82, 2.24) is 15.0 Å². The van der Waals surface area contributed by atoms with Crippen molar-refractivity contribution in [2.24, 2.45) is 0 Å². The molecule has 0 aliphatic rings. The lowest BCUT2D eigenvalue weighted by atomic mass is 10.0. The molecule has 0 radical (unpaired) electrons. The number of benzene rings is 7. The lowest BCUT2D eigenvalue weighted by molar-refractivity contribution is 0.669. The predicted molar refractivity (Wildman–Crippen MR) is 186 cm³/mol. The Hall–Kier alpha value is -6.33. The standard InChI is InChI=1S/C41H23N3O2/c1-2-8-25-19-28(14-13-24(25)7-1)39-42-40(29-15-17-36-32(21-29)31-11-5-6-12-35(31)45-36)44-41(43-39)30-16-18-37-33(22-30)34-20-26-9-3-4-10-27(26)23-38(34)46-37/h1-23H. The fourth-order valence-corrected chi connectivity index (χ4v) is 6.56. The van der Waals surface area contributed by atoms with Crippen molar-refractivity contribution in [3.05, 3.63) is 140 Å². The van der Waals surface area contributed by atoms with Crippen molar-refractivity contribution in [2.45, 2.75) is 0 Å². The number of hydrogen-bond acceptors (Lipinski definition) is 5. The van der Waals surface area contributed by atoms with Gasteiger partial charge in [0.05, 0.1) is 0 Å². The molecule has 0 amide bonds. The van der Waals surface area contributed by atoms with Crippen LogP contribution < -0.4 is 0 Å². The van der Waals surface area contributed by atoms with E-state index in [1.165, 1.54) is 10.8 Å². The molecular formula is C41H23N3O2. The van der Waals surface area contributed by atoms with E-state index in [9.17, 15) is 0 Å². The summed E-state index contributed by atoms with van der Waals surface area (Å²) < 4.78 is 12.4. The van der Waals surface area contributed by atoms with Gasteiger partial charge in [-0.05, 0) is 82.2 Å². The van der Waals surface area contributed by atoms with E-state index in [1.807, 2.05) is 48.5 Å². The SMILES string of the molecule is c1ccc2cc(-c3nc(-c4ccc5oc6ccccc6c5c4)nc(-c4ccc5oc6cc7ccccc7cc6c5c4)n3)ccc2c1. The van der Waals surface area contributed by atoms with E-state index in [0.29, 0.717) is 17.5 Å². The number of furan rings is 2. The monoisotopic (exact) mass is 589 g/mol. The Morgan fingerprint density at radius 2 is 0.761 bits per heavy atom. The van der Waals surface area contributed by atoms with Gasteiger partial charge in [-0.3, -0.25) is 0 Å². The summed E-state index contributed by atoms with van der Waals surface area (Å²) in [5.41, 5.74) is 6.10. The van der Waals surface area contributed by atoms with Gasteiger partial charge in [0.15, 0.2) is 17.5 Å². The Morgan fingerprint density at radius 3 is 1.46 bits per heavy atom. The second-order valence-electron chi connectivity index (χ2n) is 11.7. The van der Waals surface area contributed by atoms with E-state index in [2.05, 4.69) is 91.0 Å². The number of nitrogens with zero attached hydrogens (tertiary/aromatic N) is 3. The minimum atomic E-state index is 0.599. The molecule has 0 saturated carbocycles. The molecule has 3 aromatic heterocycles. The molecular weight excluding hydrogens is 566 g/mol. The molecule has 46 heavy (non-hydrogen) atoms. The first-order valence-electron chi connectivity index (χ1n) is 15.3. The Labute approximate surface area is 262 Å². The van der Waals surface area contributed by atoms with Gasteiger partial charge < -0.3 is 8.83 Å². The van der Waals surface area contributed by atoms with Crippen molar-refractivity contribution in [3.8, 4) is 34.2 Å². The lowest BCUT2D eigenvalue weighted by Gasteiger charge is -2.09. The molecule has 214 valence electrons. The molecule has 3 heterocycles. The highest BCUT2D eigenvalue weighted by molar-refractivity contribution is 6.11. The number of para-hydroxylation sites is 1. The van der Waals surface area contributed by atoms with Gasteiger partial charge >= 0.3 is 0 Å². The van der Waals surface area contributed by atoms with Gasteiger partial charge in [-0.1, -0.05) is 78.9 Å². The van der Waals surface area contributed by atoms with E-state index >= 15 is 0 Å². The summed E-state index contributed by atoms with van der Waals surface area (Å²) in [6.07, 6.45) is 0. The average Bonchev–Trinajstić information content (AvgIpc) is 3.67. The van der Waals surface area contributed by atoms with E-state index < -0.39 is 0 Å². The number of hydrogen-bond donors (Lipinski definition) is 0. The topological polar surface area (TPSA) is 65.0 Å². The highest BCUT2D eigenvalue weighted by atomic mass is 16.3. The lowest BCUT2D eigenvalue weighted by Crippen LogP contribution is -2.00. The van der Waals surface area contributed by atoms with Crippen molar-refractivity contribution in [3.63, 3.8) is 0 Å². The molecule has 0 atom stereocenters. The molecule has 0 saturated heterocycles. The summed E-state index contributed by atoms with van der Waals surface area (Å²) in [5.74, 6) is 1.82. The number of rotatable bonds is 3. The molecule has 0 unspecified atom stereocenters. The Morgan fingerprint density at radius 1 is 0.304 bits per heavy atom. The van der Waals surface area contributed by atoms with Crippen molar-refractivity contribution in [1.29, 1.82) is 0 Å². The van der Waals surface area contributed by atoms with Gasteiger partial charge in [-0.25, -0.2) is 15.0 Å². The van der Waals surface area contributed by atoms with Crippen molar-refractivity contribution >= 4 is 65.4 Å². The van der Waals surface area contributed by atoms with Crippen LogP contribution in [0.5, 0.6) is 0 Å². The van der Waals surface area contributed by atoms with E-state index in [0.717, 1.165) is 71.3 Å². The number of aromatic nitrogens is 3. The third kappa shape index (κ3) is 3.92. The molecule has 10 aromatic rings. The second-order valence-corrected chi connectivity index (χ2v) is 11.7. The van der Waals surface area contributed by atoms with Crippen molar-refractivity contribution in [2.75, 3.05) is 0 Å². The summed E-state index contributed by atoms with van der Waals surface area (Å²) >= 11 is 0. The quantitative estimate of drug-likeness (QED) is 0.205. The van der Waals surface area contributed by atoms with E-state index in [-0.39, 0.29) is 0 Å². The summed E-state index contributed by atoms with van der Waals surface area (Å²) in [5, 5.41) is 8.81. The second kappa shape index (κ2) is 9.58. The average molecular weight is 590 g/mol. The Kier molecular flexibility index (Phi) is 5.22. The maximum absolute atomic E-state index is 6.28. The Balaban J connectivity index is 1.19. The molecule has 0 spiro atoms. The van der Waals surface area contributed by atoms with Crippen LogP contribution in [0.15, 0.2) is 148 Å². The first-order chi connectivity index (χ1) is 22.7. The summed E-state index contributed by atoms with van der Waals surface area (Å²) in [4.78, 5) is 15.2. The van der Waals surface area contributed by atoms with E-state index in [4.69, 9.17) is 23.8 Å². The molecule has 10 rings (SSSR count). The van der Waals surface area contributed by atoms with Gasteiger partial charge in [0, 0.05) is 38.2 Å². The molecule has 7 aromatic carbocycles. The van der Waals surface area contributed by atoms with Gasteiger partial charge in [-0.15, -0.1) is 0 Å². The molecule has 5 nitrogen and oxygen atoms in total. The summed E-state index contributed by atoms with van der Waals surface area (Å²) in [7, 11) is 0. The first-order valence-corrected chi connectivity index (χ1v) is 15.3. The fourth-order valence-electron chi connectivity index (χ4n) is 6.56. The van der Waals surface area contributed by atoms with Crippen LogP contribution in [0.2, 0.25) is 0 Å². The van der Waals surface area contributed by atoms with Crippen LogP contribution in [-0.4, -0.2) is 15.0 Å². The first kappa shape index (κ1) is 25.0. The zero-order chi connectivity index (χ0) is 30.2. The molecule has 0 aliphatic carbocycles. The molecule has 0 aliphatic heterocycles. The maximum Gasteiger partial charge on any atom is 0.164 e. The van der Waals surface area contributed by atoms with Crippen LogP contribution in [0.4, 0.5) is 0 Å². The molecule has 5 heteroatoms. The third-order valence-corrected chi connectivity index (χ3v) is 8.87. The normalized spacial score (nSPS) is 11.9. The molecule has 0 N–H and O–H groups in total. The summed E-state index contributed by atoms with van der Waals surface area (Å²) in [6.45, 7) is 0. The van der Waals surface area contributed by atoms with Crippen LogP contribution in [0, 0.1) is 0 Å². The molecule has 0 fully saturated rings. The predicted octanol–water partition coefficient (Wildman–Crippen LogP) is 11.0. The highest BCUT2D eigenvalue weighted by Crippen LogP contribution is 2.36. The van der Waals surface area contributed by atoms with Gasteiger partial charge in [-0.2, -0.15) is 0 Å². The van der Waals surface area contributed by atoms with Crippen molar-refractivity contribution < 1.29 is 8.83 Å². The Bertz CT molecular complexity index is 2830. The maximum atomic E-state index is 6.28. The highest BCUT2D eigenvalue weighted by Gasteiger charge is 2.17. The molecule has 0 bridgehead atoms. The third-order valence-electron chi connectivity index (χ3n) is 8.87. The van der Waals surface area contributed by atoms with Gasteiger partial charge in [0.2, 0.25) is 0 Å². The van der Waals surface area contributed by atoms with Crippen LogP contribution in [-0.2, 0) is 0 Å². The number of fused-ring (bicyclic) bond motifs is 8. The van der Waals surface area contributed by atoms with Crippen LogP contribution in [0.1, 0.15) is 0 Å². The zero-order valence-corrected chi connectivity index (χ0v) is 24.4. The van der Waals surface area contributed by atoms with Crippen LogP contribution in [0.3, 0.4) is 0 Å².